The van der Waals surface area contributed by atoms with Crippen LogP contribution in [0.3, 0.4) is 0 Å². The second kappa shape index (κ2) is 5.10. The molecule has 2 rings (SSSR count). The van der Waals surface area contributed by atoms with Gasteiger partial charge in [-0.05, 0) is 57.9 Å². The van der Waals surface area contributed by atoms with Crippen molar-refractivity contribution < 1.29 is 9.31 Å². The van der Waals surface area contributed by atoms with Crippen LogP contribution in [0, 0.1) is 0 Å². The number of aromatic nitrogens is 1. The fraction of sp³-hybridized carbons (Fsp3) is 0.533. The van der Waals surface area contributed by atoms with Crippen LogP contribution < -0.4 is 0 Å². The number of pyridine rings is 1. The average molecular weight is 259 g/mol. The Morgan fingerprint density at radius 2 is 1.84 bits per heavy atom. The molecule has 0 aromatic carbocycles. The highest BCUT2D eigenvalue weighted by Gasteiger charge is 2.49. The lowest BCUT2D eigenvalue weighted by molar-refractivity contribution is 0.00578. The molecule has 1 saturated heterocycles. The first-order valence-electron chi connectivity index (χ1n) is 6.83. The Bertz CT molecular complexity index is 467. The monoisotopic (exact) mass is 259 g/mol. The summed E-state index contributed by atoms with van der Waals surface area (Å²) < 4.78 is 11.8. The molecule has 2 heterocycles. The van der Waals surface area contributed by atoms with Gasteiger partial charge in [-0.15, -0.1) is 0 Å². The highest BCUT2D eigenvalue weighted by molar-refractivity contribution is 6.52. The van der Waals surface area contributed by atoms with E-state index < -0.39 is 0 Å². The summed E-state index contributed by atoms with van der Waals surface area (Å²) in [7, 11) is -0.308. The van der Waals surface area contributed by atoms with Gasteiger partial charge in [0.15, 0.2) is 0 Å². The zero-order valence-corrected chi connectivity index (χ0v) is 12.4. The lowest BCUT2D eigenvalue weighted by Crippen LogP contribution is -2.41. The third kappa shape index (κ3) is 3.07. The van der Waals surface area contributed by atoms with Gasteiger partial charge >= 0.3 is 7.12 Å². The molecule has 0 spiro atoms. The van der Waals surface area contributed by atoms with E-state index >= 15 is 0 Å². The Morgan fingerprint density at radius 3 is 2.42 bits per heavy atom. The maximum atomic E-state index is 5.91. The van der Waals surface area contributed by atoms with E-state index in [2.05, 4.69) is 45.7 Å². The second-order valence-corrected chi connectivity index (χ2v) is 5.93. The number of hydrogen-bond acceptors (Lipinski definition) is 3. The first kappa shape index (κ1) is 14.3. The van der Waals surface area contributed by atoms with Crippen molar-refractivity contribution in [3.63, 3.8) is 0 Å². The first-order valence-corrected chi connectivity index (χ1v) is 6.83. The fourth-order valence-corrected chi connectivity index (χ4v) is 1.95. The molecular formula is C15H22BNO2. The summed E-state index contributed by atoms with van der Waals surface area (Å²) in [5, 5.41) is 0. The lowest BCUT2D eigenvalue weighted by Gasteiger charge is -2.32. The molecule has 1 aromatic rings. The SMILES string of the molecule is CCc1ccnc(/C=C/B2OC(C)(C)C(C)(C)O2)c1. The molecule has 1 aliphatic rings. The van der Waals surface area contributed by atoms with Crippen LogP contribution in [0.4, 0.5) is 0 Å². The molecule has 1 fully saturated rings. The van der Waals surface area contributed by atoms with E-state index in [4.69, 9.17) is 9.31 Å². The fourth-order valence-electron chi connectivity index (χ4n) is 1.95. The third-order valence-corrected chi connectivity index (χ3v) is 3.95. The molecule has 0 amide bonds. The molecule has 0 saturated carbocycles. The zero-order valence-electron chi connectivity index (χ0n) is 12.4. The van der Waals surface area contributed by atoms with E-state index in [1.165, 1.54) is 5.56 Å². The van der Waals surface area contributed by atoms with Crippen LogP contribution in [-0.4, -0.2) is 23.3 Å². The average Bonchev–Trinajstić information content (AvgIpc) is 2.56. The molecule has 0 aliphatic carbocycles. The van der Waals surface area contributed by atoms with Crippen LogP contribution in [0.2, 0.25) is 0 Å². The Kier molecular flexibility index (Phi) is 3.84. The molecule has 1 aromatic heterocycles. The molecule has 0 N–H and O–H groups in total. The number of rotatable bonds is 3. The van der Waals surface area contributed by atoms with Crippen LogP contribution in [0.1, 0.15) is 45.9 Å². The summed E-state index contributed by atoms with van der Waals surface area (Å²) in [6.07, 6.45) is 4.81. The molecule has 0 unspecified atom stereocenters. The van der Waals surface area contributed by atoms with Crippen LogP contribution in [0.5, 0.6) is 0 Å². The predicted molar refractivity (Wildman–Crippen MR) is 78.7 cm³/mol. The molecule has 19 heavy (non-hydrogen) atoms. The van der Waals surface area contributed by atoms with E-state index in [0.29, 0.717) is 0 Å². The maximum absolute atomic E-state index is 5.91. The summed E-state index contributed by atoms with van der Waals surface area (Å²) in [4.78, 5) is 4.32. The summed E-state index contributed by atoms with van der Waals surface area (Å²) >= 11 is 0. The molecular weight excluding hydrogens is 237 g/mol. The Morgan fingerprint density at radius 1 is 1.21 bits per heavy atom. The lowest BCUT2D eigenvalue weighted by atomic mass is 9.89. The minimum Gasteiger partial charge on any atom is -0.400 e. The zero-order chi connectivity index (χ0) is 14.1. The van der Waals surface area contributed by atoms with Crippen LogP contribution in [0.15, 0.2) is 24.3 Å². The standard InChI is InChI=1S/C15H22BNO2/c1-6-12-8-10-17-13(11-12)7-9-16-18-14(2,3)15(4,5)19-16/h7-11H,6H2,1-5H3/b9-7+. The smallest absolute Gasteiger partial charge is 0.400 e. The van der Waals surface area contributed by atoms with Crippen molar-refractivity contribution in [1.82, 2.24) is 4.98 Å². The summed E-state index contributed by atoms with van der Waals surface area (Å²) in [6, 6.07) is 4.12. The van der Waals surface area contributed by atoms with Crippen molar-refractivity contribution in [3.05, 3.63) is 35.6 Å². The summed E-state index contributed by atoms with van der Waals surface area (Å²) in [6.45, 7) is 10.3. The van der Waals surface area contributed by atoms with Gasteiger partial charge in [-0.25, -0.2) is 0 Å². The number of aryl methyl sites for hydroxylation is 1. The molecule has 4 heteroatoms. The van der Waals surface area contributed by atoms with Crippen molar-refractivity contribution in [2.45, 2.75) is 52.2 Å². The predicted octanol–water partition coefficient (Wildman–Crippen LogP) is 3.29. The van der Waals surface area contributed by atoms with Gasteiger partial charge in [0.2, 0.25) is 0 Å². The summed E-state index contributed by atoms with van der Waals surface area (Å²) in [5.74, 6) is 1.93. The van der Waals surface area contributed by atoms with Crippen LogP contribution in [0.25, 0.3) is 6.08 Å². The van der Waals surface area contributed by atoms with Gasteiger partial charge in [0.25, 0.3) is 0 Å². The normalized spacial score (nSPS) is 21.2. The minimum atomic E-state index is -0.308. The minimum absolute atomic E-state index is 0.291. The molecule has 102 valence electrons. The van der Waals surface area contributed by atoms with E-state index in [0.717, 1.165) is 12.1 Å². The third-order valence-electron chi connectivity index (χ3n) is 3.95. The maximum Gasteiger partial charge on any atom is 0.487 e. The van der Waals surface area contributed by atoms with Gasteiger partial charge < -0.3 is 9.31 Å². The number of hydrogen-bond donors (Lipinski definition) is 0. The Labute approximate surface area is 116 Å². The highest BCUT2D eigenvalue weighted by atomic mass is 16.7. The van der Waals surface area contributed by atoms with Crippen LogP contribution >= 0.6 is 0 Å². The van der Waals surface area contributed by atoms with Gasteiger partial charge in [-0.2, -0.15) is 0 Å². The first-order chi connectivity index (χ1) is 8.84. The van der Waals surface area contributed by atoms with Crippen LogP contribution in [-0.2, 0) is 15.7 Å². The van der Waals surface area contributed by atoms with Gasteiger partial charge in [-0.1, -0.05) is 12.9 Å². The molecule has 0 atom stereocenters. The molecule has 0 radical (unpaired) electrons. The largest absolute Gasteiger partial charge is 0.487 e. The quantitative estimate of drug-likeness (QED) is 0.780. The van der Waals surface area contributed by atoms with Crippen molar-refractivity contribution >= 4 is 13.2 Å². The topological polar surface area (TPSA) is 31.4 Å². The van der Waals surface area contributed by atoms with E-state index in [1.807, 2.05) is 24.3 Å². The van der Waals surface area contributed by atoms with Crippen molar-refractivity contribution in [3.8, 4) is 0 Å². The van der Waals surface area contributed by atoms with Crippen molar-refractivity contribution in [2.75, 3.05) is 0 Å². The Hall–Kier alpha value is -1.13. The van der Waals surface area contributed by atoms with Gasteiger partial charge in [0, 0.05) is 6.20 Å². The molecule has 0 bridgehead atoms. The van der Waals surface area contributed by atoms with E-state index in [-0.39, 0.29) is 18.3 Å². The number of nitrogens with zero attached hydrogens (tertiary/aromatic N) is 1. The van der Waals surface area contributed by atoms with E-state index in [9.17, 15) is 0 Å². The van der Waals surface area contributed by atoms with Crippen molar-refractivity contribution in [1.29, 1.82) is 0 Å². The van der Waals surface area contributed by atoms with Gasteiger partial charge in [0.1, 0.15) is 0 Å². The molecule has 1 aliphatic heterocycles. The van der Waals surface area contributed by atoms with Crippen molar-refractivity contribution in [2.24, 2.45) is 0 Å². The summed E-state index contributed by atoms with van der Waals surface area (Å²) in [5.41, 5.74) is 1.64. The van der Waals surface area contributed by atoms with Gasteiger partial charge in [-0.3, -0.25) is 4.98 Å². The molecule has 3 nitrogen and oxygen atoms in total. The second-order valence-electron chi connectivity index (χ2n) is 5.93. The Balaban J connectivity index is 2.08. The van der Waals surface area contributed by atoms with Gasteiger partial charge in [0.05, 0.1) is 16.9 Å². The highest BCUT2D eigenvalue weighted by Crippen LogP contribution is 2.36. The van der Waals surface area contributed by atoms with E-state index in [1.54, 1.807) is 0 Å².